The van der Waals surface area contributed by atoms with Gasteiger partial charge in [-0.2, -0.15) is 0 Å². The second-order valence-electron chi connectivity index (χ2n) is 8.64. The lowest BCUT2D eigenvalue weighted by atomic mass is 9.93. The Morgan fingerprint density at radius 3 is 2.57 bits per heavy atom. The van der Waals surface area contributed by atoms with Crippen molar-refractivity contribution in [1.82, 2.24) is 4.90 Å². The number of benzene rings is 3. The van der Waals surface area contributed by atoms with Crippen molar-refractivity contribution in [2.45, 2.75) is 6.92 Å². The summed E-state index contributed by atoms with van der Waals surface area (Å²) in [6, 6.07) is 19.4. The molecule has 35 heavy (non-hydrogen) atoms. The Morgan fingerprint density at radius 1 is 1.09 bits per heavy atom. The van der Waals surface area contributed by atoms with Crippen molar-refractivity contribution < 1.29 is 23.4 Å². The third-order valence-corrected chi connectivity index (χ3v) is 6.42. The molecule has 2 heterocycles. The number of phenolic OH excluding ortho intramolecular Hbond substituents is 1. The molecule has 0 unspecified atom stereocenters. The van der Waals surface area contributed by atoms with E-state index >= 15 is 0 Å². The van der Waals surface area contributed by atoms with Crippen LogP contribution in [-0.4, -0.2) is 49.5 Å². The van der Waals surface area contributed by atoms with Crippen molar-refractivity contribution >= 4 is 22.7 Å². The van der Waals surface area contributed by atoms with Crippen LogP contribution in [0.1, 0.15) is 18.1 Å². The molecule has 0 spiro atoms. The number of aromatic hydroxyl groups is 1. The Labute approximate surface area is 209 Å². The molecule has 2 aliphatic rings. The van der Waals surface area contributed by atoms with Crippen LogP contribution in [0.15, 0.2) is 66.7 Å². The zero-order chi connectivity index (χ0) is 24.8. The average molecular weight is 500 g/mol. The lowest BCUT2D eigenvalue weighted by molar-refractivity contribution is 0.0668. The highest BCUT2D eigenvalue weighted by Gasteiger charge is 2.25. The van der Waals surface area contributed by atoms with Gasteiger partial charge in [0, 0.05) is 42.8 Å². The van der Waals surface area contributed by atoms with Gasteiger partial charge in [-0.25, -0.2) is 4.39 Å². The van der Waals surface area contributed by atoms with Crippen LogP contribution in [-0.2, 0) is 0 Å². The topological polar surface area (TPSA) is 41.9 Å². The molecule has 0 radical (unpaired) electrons. The van der Waals surface area contributed by atoms with E-state index in [1.54, 1.807) is 24.3 Å². The highest BCUT2D eigenvalue weighted by molar-refractivity contribution is 6.31. The predicted molar refractivity (Wildman–Crippen MR) is 135 cm³/mol. The molecule has 0 bridgehead atoms. The number of hydrogen-bond acceptors (Lipinski definition) is 4. The minimum atomic E-state index is -0.435. The van der Waals surface area contributed by atoms with Gasteiger partial charge in [-0.3, -0.25) is 9.29 Å². The molecule has 7 heteroatoms. The van der Waals surface area contributed by atoms with E-state index in [9.17, 15) is 13.9 Å². The molecule has 3 aromatic rings. The maximum Gasteiger partial charge on any atom is 0.141 e. The number of allylic oxidation sites excluding steroid dienone is 1. The molecule has 0 amide bonds. The van der Waals surface area contributed by atoms with E-state index < -0.39 is 5.82 Å². The van der Waals surface area contributed by atoms with Crippen molar-refractivity contribution in [2.75, 3.05) is 39.5 Å². The first-order valence-electron chi connectivity index (χ1n) is 11.5. The van der Waals surface area contributed by atoms with Crippen molar-refractivity contribution in [3.05, 3.63) is 88.7 Å². The summed E-state index contributed by atoms with van der Waals surface area (Å²) in [5.74, 6) is 1.56. The summed E-state index contributed by atoms with van der Waals surface area (Å²) < 4.78 is 36.6. The largest absolute Gasteiger partial charge is 0.508 e. The third kappa shape index (κ3) is 6.32. The zero-order valence-corrected chi connectivity index (χ0v) is 20.3. The fourth-order valence-electron chi connectivity index (χ4n) is 4.11. The second-order valence-corrected chi connectivity index (χ2v) is 9.05. The van der Waals surface area contributed by atoms with Gasteiger partial charge in [0.05, 0.1) is 11.7 Å². The normalized spacial score (nSPS) is 15.4. The van der Waals surface area contributed by atoms with E-state index in [-0.39, 0.29) is 23.4 Å². The number of alkyl halides is 1. The average Bonchev–Trinajstić information content (AvgIpc) is 2.83. The maximum absolute atomic E-state index is 13.2. The molecular formula is C28H28ClF2NO3. The fourth-order valence-corrected chi connectivity index (χ4v) is 4.29. The van der Waals surface area contributed by atoms with Crippen LogP contribution in [0, 0.1) is 11.7 Å². The summed E-state index contributed by atoms with van der Waals surface area (Å²) in [7, 11) is 0. The molecule has 0 aromatic heterocycles. The number of ether oxygens (including phenoxy) is 2. The van der Waals surface area contributed by atoms with E-state index in [1.165, 1.54) is 6.07 Å². The number of hydrogen-bond donors (Lipinski definition) is 1. The van der Waals surface area contributed by atoms with Crippen LogP contribution >= 0.6 is 11.6 Å². The zero-order valence-electron chi connectivity index (χ0n) is 19.5. The van der Waals surface area contributed by atoms with Gasteiger partial charge in [0.1, 0.15) is 36.3 Å². The minimum absolute atomic E-state index is 0.0966. The van der Waals surface area contributed by atoms with Gasteiger partial charge in [0.25, 0.3) is 0 Å². The van der Waals surface area contributed by atoms with E-state index in [0.29, 0.717) is 19.0 Å². The van der Waals surface area contributed by atoms with Crippen LogP contribution in [0.2, 0.25) is 5.02 Å². The van der Waals surface area contributed by atoms with Gasteiger partial charge in [-0.15, -0.1) is 0 Å². The molecule has 4 nitrogen and oxygen atoms in total. The lowest BCUT2D eigenvalue weighted by Gasteiger charge is -2.37. The quantitative estimate of drug-likeness (QED) is 0.422. The number of halogens is 3. The van der Waals surface area contributed by atoms with E-state index in [0.717, 1.165) is 47.7 Å². The first-order valence-corrected chi connectivity index (χ1v) is 11.9. The Kier molecular flexibility index (Phi) is 8.26. The smallest absolute Gasteiger partial charge is 0.141 e. The van der Waals surface area contributed by atoms with Gasteiger partial charge in [-0.05, 0) is 54.5 Å². The Morgan fingerprint density at radius 2 is 1.86 bits per heavy atom. The summed E-state index contributed by atoms with van der Waals surface area (Å²) in [6.07, 6.45) is 0. The molecule has 5 rings (SSSR count). The molecule has 1 fully saturated rings. The van der Waals surface area contributed by atoms with Crippen molar-refractivity contribution in [1.29, 1.82) is 0 Å². The molecule has 0 aliphatic carbocycles. The fraction of sp³-hybridized carbons (Fsp3) is 0.286. The van der Waals surface area contributed by atoms with Gasteiger partial charge in [0.15, 0.2) is 0 Å². The van der Waals surface area contributed by atoms with Crippen molar-refractivity contribution in [3.8, 4) is 17.2 Å². The number of nitrogens with zero attached hydrogens (tertiary/aromatic N) is 1. The lowest BCUT2D eigenvalue weighted by Crippen LogP contribution is -2.49. The van der Waals surface area contributed by atoms with Crippen molar-refractivity contribution in [3.63, 3.8) is 0 Å². The number of rotatable bonds is 6. The van der Waals surface area contributed by atoms with Gasteiger partial charge >= 0.3 is 0 Å². The molecule has 1 N–H and O–H groups in total. The summed E-state index contributed by atoms with van der Waals surface area (Å²) in [6.45, 7) is 5.50. The first-order chi connectivity index (χ1) is 16.9. The molecule has 0 saturated carbocycles. The monoisotopic (exact) mass is 499 g/mol. The molecule has 0 atom stereocenters. The molecular weight excluding hydrogens is 472 g/mol. The third-order valence-electron chi connectivity index (χ3n) is 6.13. The van der Waals surface area contributed by atoms with Crippen LogP contribution in [0.4, 0.5) is 8.78 Å². The highest BCUT2D eigenvalue weighted by atomic mass is 35.5. The summed E-state index contributed by atoms with van der Waals surface area (Å²) >= 11 is 5.83. The number of para-hydroxylation sites is 1. The highest BCUT2D eigenvalue weighted by Crippen LogP contribution is 2.39. The van der Waals surface area contributed by atoms with Gasteiger partial charge < -0.3 is 14.6 Å². The predicted octanol–water partition coefficient (Wildman–Crippen LogP) is 6.47. The maximum atomic E-state index is 13.2. The van der Waals surface area contributed by atoms with E-state index in [2.05, 4.69) is 4.90 Å². The standard InChI is InChI=1S/C16H12ClFO2.C12H16FNO/c1-9-12-4-3-11(19)7-16(12)20-8-13(9)10-2-5-15(18)14(17)6-10;13-8-11-9-14(10-11)6-7-15-12-4-2-1-3-5-12/h2-7,19H,8H2,1H3;1-5,11H,6-10H2. The molecule has 184 valence electrons. The van der Waals surface area contributed by atoms with Crippen LogP contribution in [0.25, 0.3) is 11.1 Å². The second kappa shape index (κ2) is 11.6. The Hall–Kier alpha value is -3.09. The van der Waals surface area contributed by atoms with Gasteiger partial charge in [0.2, 0.25) is 0 Å². The van der Waals surface area contributed by atoms with Gasteiger partial charge in [-0.1, -0.05) is 35.9 Å². The van der Waals surface area contributed by atoms with Crippen molar-refractivity contribution in [2.24, 2.45) is 5.92 Å². The summed E-state index contributed by atoms with van der Waals surface area (Å²) in [4.78, 5) is 2.22. The number of phenols is 1. The van der Waals surface area contributed by atoms with E-state index in [1.807, 2.05) is 43.3 Å². The number of likely N-dealkylation sites (tertiary alicyclic amines) is 1. The minimum Gasteiger partial charge on any atom is -0.508 e. The SMILES string of the molecule is CC1=C(c2ccc(F)c(Cl)c2)COc2cc(O)ccc21.FCC1CN(CCOc2ccccc2)C1. The molecule has 1 saturated heterocycles. The van der Waals surface area contributed by atoms with E-state index in [4.69, 9.17) is 21.1 Å². The summed E-state index contributed by atoms with van der Waals surface area (Å²) in [5, 5.41) is 9.57. The summed E-state index contributed by atoms with van der Waals surface area (Å²) in [5.41, 5.74) is 3.76. The Bertz CT molecular complexity index is 1180. The Balaban J connectivity index is 0.000000172. The van der Waals surface area contributed by atoms with Crippen LogP contribution < -0.4 is 9.47 Å². The molecule has 3 aromatic carbocycles. The molecule has 2 aliphatic heterocycles. The number of fused-ring (bicyclic) bond motifs is 1. The van der Waals surface area contributed by atoms with Crippen LogP contribution in [0.3, 0.4) is 0 Å². The van der Waals surface area contributed by atoms with Crippen LogP contribution in [0.5, 0.6) is 17.2 Å². The first kappa shape index (κ1) is 25.0.